The van der Waals surface area contributed by atoms with Crippen LogP contribution in [0.5, 0.6) is 0 Å². The third-order valence-electron chi connectivity index (χ3n) is 4.94. The van der Waals surface area contributed by atoms with E-state index in [0.717, 1.165) is 0 Å². The summed E-state index contributed by atoms with van der Waals surface area (Å²) >= 11 is 0. The molecule has 0 aliphatic heterocycles. The van der Waals surface area contributed by atoms with Crippen molar-refractivity contribution in [1.82, 2.24) is 14.8 Å². The van der Waals surface area contributed by atoms with Crippen LogP contribution in [0.1, 0.15) is 28.4 Å². The van der Waals surface area contributed by atoms with E-state index in [1.165, 1.54) is 10.6 Å². The third kappa shape index (κ3) is 3.53. The van der Waals surface area contributed by atoms with Crippen LogP contribution in [0.15, 0.2) is 53.3 Å². The summed E-state index contributed by atoms with van der Waals surface area (Å²) in [5.74, 6) is -0.384. The standard InChI is InChI=1S/C23H19N5O3/c1-3-31-23(30)15-8-10-16(11-9-15)27-25-13-18-14(2)17(12-24)21-26-19-6-4-5-7-20(19)28(21)22(18)29/h4-11,13,25,27H,3H2,1-2H3/b18-13-. The van der Waals surface area contributed by atoms with Gasteiger partial charge in [-0.1, -0.05) is 12.1 Å². The number of nitrogens with zero attached hydrogens (tertiary/aromatic N) is 3. The molecule has 4 rings (SSSR count). The monoisotopic (exact) mass is 413 g/mol. The molecule has 0 aliphatic rings. The summed E-state index contributed by atoms with van der Waals surface area (Å²) < 4.78 is 6.43. The van der Waals surface area contributed by atoms with E-state index in [-0.39, 0.29) is 11.5 Å². The van der Waals surface area contributed by atoms with Crippen molar-refractivity contribution >= 4 is 34.5 Å². The molecule has 2 heterocycles. The maximum atomic E-state index is 13.2. The van der Waals surface area contributed by atoms with Gasteiger partial charge in [-0.15, -0.1) is 0 Å². The first-order chi connectivity index (χ1) is 15.0. The van der Waals surface area contributed by atoms with Crippen LogP contribution in [0, 0.1) is 18.3 Å². The van der Waals surface area contributed by atoms with Gasteiger partial charge in [0, 0.05) is 6.20 Å². The molecule has 0 saturated carbocycles. The molecule has 2 aromatic heterocycles. The fourth-order valence-electron chi connectivity index (χ4n) is 3.38. The second-order valence-electron chi connectivity index (χ2n) is 6.80. The lowest BCUT2D eigenvalue weighted by Crippen LogP contribution is -2.36. The van der Waals surface area contributed by atoms with Gasteiger partial charge in [-0.3, -0.25) is 9.20 Å². The number of nitrogens with one attached hydrogen (secondary N) is 2. The molecular weight excluding hydrogens is 394 g/mol. The zero-order valence-electron chi connectivity index (χ0n) is 17.0. The number of aromatic nitrogens is 2. The van der Waals surface area contributed by atoms with Crippen LogP contribution in [0.4, 0.5) is 5.69 Å². The van der Waals surface area contributed by atoms with Gasteiger partial charge >= 0.3 is 5.97 Å². The van der Waals surface area contributed by atoms with E-state index >= 15 is 0 Å². The Hall–Kier alpha value is -4.38. The Bertz CT molecular complexity index is 1450. The molecule has 2 N–H and O–H groups in total. The predicted octanol–water partition coefficient (Wildman–Crippen LogP) is 2.28. The number of ether oxygens (including phenoxy) is 1. The molecule has 0 unspecified atom stereocenters. The van der Waals surface area contributed by atoms with Crippen LogP contribution in [0.25, 0.3) is 22.9 Å². The SMILES string of the molecule is CCOC(=O)c1ccc(NN/C=c2/c(C)c(C#N)c3nc4ccccc4n3c2=O)cc1. The van der Waals surface area contributed by atoms with Crippen LogP contribution in [0.2, 0.25) is 0 Å². The lowest BCUT2D eigenvalue weighted by molar-refractivity contribution is 0.0526. The smallest absolute Gasteiger partial charge is 0.338 e. The van der Waals surface area contributed by atoms with Crippen molar-refractivity contribution in [3.8, 4) is 6.07 Å². The molecular formula is C23H19N5O3. The normalized spacial score (nSPS) is 11.5. The number of fused-ring (bicyclic) bond motifs is 3. The lowest BCUT2D eigenvalue weighted by Gasteiger charge is -2.08. The summed E-state index contributed by atoms with van der Waals surface area (Å²) in [6.07, 6.45) is 1.52. The van der Waals surface area contributed by atoms with E-state index in [2.05, 4.69) is 21.9 Å². The average molecular weight is 413 g/mol. The van der Waals surface area contributed by atoms with Crippen molar-refractivity contribution in [1.29, 1.82) is 5.26 Å². The van der Waals surface area contributed by atoms with E-state index in [4.69, 9.17) is 4.74 Å². The van der Waals surface area contributed by atoms with Crippen LogP contribution in [-0.4, -0.2) is 22.0 Å². The molecule has 0 aliphatic carbocycles. The minimum absolute atomic E-state index is 0.271. The second kappa shape index (κ2) is 8.16. The number of benzene rings is 2. The quantitative estimate of drug-likeness (QED) is 0.382. The zero-order valence-corrected chi connectivity index (χ0v) is 17.0. The van der Waals surface area contributed by atoms with Crippen LogP contribution in [0.3, 0.4) is 0 Å². The Morgan fingerprint density at radius 2 is 1.97 bits per heavy atom. The number of imidazole rings is 1. The summed E-state index contributed by atoms with van der Waals surface area (Å²) in [5.41, 5.74) is 9.26. The van der Waals surface area contributed by atoms with Gasteiger partial charge in [0.15, 0.2) is 5.65 Å². The van der Waals surface area contributed by atoms with E-state index < -0.39 is 0 Å². The summed E-state index contributed by atoms with van der Waals surface area (Å²) in [4.78, 5) is 29.4. The van der Waals surface area contributed by atoms with Gasteiger partial charge in [-0.2, -0.15) is 5.26 Å². The Morgan fingerprint density at radius 3 is 2.68 bits per heavy atom. The first-order valence-electron chi connectivity index (χ1n) is 9.68. The van der Waals surface area contributed by atoms with E-state index in [1.807, 2.05) is 12.1 Å². The molecule has 0 radical (unpaired) electrons. The molecule has 0 amide bonds. The second-order valence-corrected chi connectivity index (χ2v) is 6.80. The summed E-state index contributed by atoms with van der Waals surface area (Å²) in [6.45, 7) is 3.79. The molecule has 0 spiro atoms. The maximum Gasteiger partial charge on any atom is 0.338 e. The topological polar surface area (TPSA) is 109 Å². The van der Waals surface area contributed by atoms with Crippen molar-refractivity contribution in [2.75, 3.05) is 12.0 Å². The van der Waals surface area contributed by atoms with Crippen molar-refractivity contribution in [2.24, 2.45) is 0 Å². The highest BCUT2D eigenvalue weighted by molar-refractivity contribution is 5.89. The highest BCUT2D eigenvalue weighted by atomic mass is 16.5. The Labute approximate surface area is 177 Å². The van der Waals surface area contributed by atoms with Crippen LogP contribution in [-0.2, 0) is 4.74 Å². The third-order valence-corrected chi connectivity index (χ3v) is 4.94. The highest BCUT2D eigenvalue weighted by Gasteiger charge is 2.15. The largest absolute Gasteiger partial charge is 0.462 e. The predicted molar refractivity (Wildman–Crippen MR) is 117 cm³/mol. The lowest BCUT2D eigenvalue weighted by atomic mass is 10.1. The van der Waals surface area contributed by atoms with Gasteiger partial charge < -0.3 is 15.6 Å². The molecule has 0 atom stereocenters. The zero-order chi connectivity index (χ0) is 22.0. The Morgan fingerprint density at radius 1 is 1.23 bits per heavy atom. The molecule has 0 fully saturated rings. The van der Waals surface area contributed by atoms with Gasteiger partial charge in [-0.25, -0.2) is 9.78 Å². The molecule has 0 bridgehead atoms. The number of anilines is 1. The summed E-state index contributed by atoms with van der Waals surface area (Å²) in [5, 5.41) is 10.0. The number of esters is 1. The van der Waals surface area contributed by atoms with Crippen LogP contribution < -0.4 is 21.6 Å². The molecule has 31 heavy (non-hydrogen) atoms. The minimum Gasteiger partial charge on any atom is -0.462 e. The number of hydrogen-bond acceptors (Lipinski definition) is 7. The fraction of sp³-hybridized carbons (Fsp3) is 0.130. The van der Waals surface area contributed by atoms with E-state index in [0.29, 0.717) is 50.9 Å². The maximum absolute atomic E-state index is 13.2. The Kier molecular flexibility index (Phi) is 5.24. The first-order valence-corrected chi connectivity index (χ1v) is 9.68. The molecule has 0 saturated heterocycles. The molecule has 8 nitrogen and oxygen atoms in total. The Balaban J connectivity index is 1.69. The number of pyridine rings is 1. The van der Waals surface area contributed by atoms with Crippen molar-refractivity contribution in [3.63, 3.8) is 0 Å². The van der Waals surface area contributed by atoms with Crippen molar-refractivity contribution < 1.29 is 9.53 Å². The van der Waals surface area contributed by atoms with Gasteiger partial charge in [0.25, 0.3) is 5.56 Å². The first kappa shape index (κ1) is 19.9. The van der Waals surface area contributed by atoms with Crippen molar-refractivity contribution in [3.05, 3.63) is 80.8 Å². The number of rotatable bonds is 5. The van der Waals surface area contributed by atoms with Crippen LogP contribution >= 0.6 is 0 Å². The molecule has 154 valence electrons. The van der Waals surface area contributed by atoms with Gasteiger partial charge in [-0.05, 0) is 55.8 Å². The number of carbonyl (C=O) groups excluding carboxylic acids is 1. The van der Waals surface area contributed by atoms with E-state index in [9.17, 15) is 14.9 Å². The number of hydrazine groups is 1. The number of nitriles is 1. The molecule has 4 aromatic rings. The number of hydrogen-bond donors (Lipinski definition) is 2. The average Bonchev–Trinajstić information content (AvgIpc) is 3.16. The summed E-state index contributed by atoms with van der Waals surface area (Å²) in [6, 6.07) is 16.1. The van der Waals surface area contributed by atoms with Crippen molar-refractivity contribution in [2.45, 2.75) is 13.8 Å². The molecule has 2 aromatic carbocycles. The highest BCUT2D eigenvalue weighted by Crippen LogP contribution is 2.17. The fourth-order valence-corrected chi connectivity index (χ4v) is 3.38. The van der Waals surface area contributed by atoms with Gasteiger partial charge in [0.2, 0.25) is 0 Å². The van der Waals surface area contributed by atoms with Gasteiger partial charge in [0.1, 0.15) is 6.07 Å². The molecule has 8 heteroatoms. The van der Waals surface area contributed by atoms with Gasteiger partial charge in [0.05, 0.1) is 39.7 Å². The number of carbonyl (C=O) groups is 1. The minimum atomic E-state index is -0.384. The summed E-state index contributed by atoms with van der Waals surface area (Å²) in [7, 11) is 0. The van der Waals surface area contributed by atoms with E-state index in [1.54, 1.807) is 50.2 Å². The number of para-hydroxylation sites is 2.